The Bertz CT molecular complexity index is 607. The zero-order valence-corrected chi connectivity index (χ0v) is 14.2. The van der Waals surface area contributed by atoms with Crippen LogP contribution in [0.3, 0.4) is 0 Å². The van der Waals surface area contributed by atoms with Crippen molar-refractivity contribution in [2.45, 2.75) is 62.5 Å². The summed E-state index contributed by atoms with van der Waals surface area (Å²) in [5.74, 6) is 0.405. The number of rotatable bonds is 3. The normalized spacial score (nSPS) is 26.9. The Balaban J connectivity index is 1.87. The Labute approximate surface area is 133 Å². The number of hydrogen-bond acceptors (Lipinski definition) is 3. The molecule has 0 amide bonds. The van der Waals surface area contributed by atoms with Crippen LogP contribution in [-0.2, 0) is 14.8 Å². The van der Waals surface area contributed by atoms with Crippen molar-refractivity contribution in [3.05, 3.63) is 29.8 Å². The molecule has 1 aliphatic heterocycles. The lowest BCUT2D eigenvalue weighted by Gasteiger charge is -2.42. The number of sulfonamides is 1. The first-order valence-electron chi connectivity index (χ1n) is 8.23. The molecule has 2 unspecified atom stereocenters. The summed E-state index contributed by atoms with van der Waals surface area (Å²) in [5.41, 5.74) is 1.16. The topological polar surface area (TPSA) is 46.6 Å². The molecule has 22 heavy (non-hydrogen) atoms. The van der Waals surface area contributed by atoms with E-state index in [2.05, 4.69) is 13.8 Å². The predicted octanol–water partition coefficient (Wildman–Crippen LogP) is 3.14. The second-order valence-electron chi connectivity index (χ2n) is 6.60. The predicted molar refractivity (Wildman–Crippen MR) is 86.4 cm³/mol. The largest absolute Gasteiger partial charge is 0.375 e. The molecule has 4 nitrogen and oxygen atoms in total. The maximum absolute atomic E-state index is 13.0. The molecule has 2 atom stereocenters. The van der Waals surface area contributed by atoms with E-state index < -0.39 is 10.0 Å². The molecule has 1 aromatic carbocycles. The van der Waals surface area contributed by atoms with Crippen molar-refractivity contribution in [1.29, 1.82) is 0 Å². The maximum atomic E-state index is 13.0. The lowest BCUT2D eigenvalue weighted by atomic mass is 9.91. The van der Waals surface area contributed by atoms with Gasteiger partial charge in [-0.25, -0.2) is 8.42 Å². The van der Waals surface area contributed by atoms with E-state index in [1.54, 1.807) is 16.4 Å². The average Bonchev–Trinajstić information content (AvgIpc) is 2.54. The van der Waals surface area contributed by atoms with E-state index in [1.807, 2.05) is 12.1 Å². The molecule has 1 saturated carbocycles. The van der Waals surface area contributed by atoms with E-state index in [-0.39, 0.29) is 12.1 Å². The summed E-state index contributed by atoms with van der Waals surface area (Å²) in [6, 6.07) is 7.36. The highest BCUT2D eigenvalue weighted by atomic mass is 32.2. The highest BCUT2D eigenvalue weighted by Crippen LogP contribution is 2.32. The molecule has 3 rings (SSSR count). The molecule has 5 heteroatoms. The van der Waals surface area contributed by atoms with E-state index in [4.69, 9.17) is 4.74 Å². The summed E-state index contributed by atoms with van der Waals surface area (Å²) in [6.07, 6.45) is 4.19. The van der Waals surface area contributed by atoms with Gasteiger partial charge in [0, 0.05) is 6.54 Å². The van der Waals surface area contributed by atoms with Crippen LogP contribution in [-0.4, -0.2) is 38.0 Å². The van der Waals surface area contributed by atoms with Gasteiger partial charge in [0.1, 0.15) is 0 Å². The fraction of sp³-hybridized carbons (Fsp3) is 0.647. The number of ether oxygens (including phenoxy) is 1. The van der Waals surface area contributed by atoms with Gasteiger partial charge in [-0.2, -0.15) is 4.31 Å². The SMILES string of the molecule is CC(C)c1ccc(S(=O)(=O)N2CCOC3CCCCC32)cc1. The fourth-order valence-electron chi connectivity index (χ4n) is 3.52. The number of morpholine rings is 1. The van der Waals surface area contributed by atoms with Crippen LogP contribution in [0.2, 0.25) is 0 Å². The van der Waals surface area contributed by atoms with Crippen LogP contribution >= 0.6 is 0 Å². The summed E-state index contributed by atoms with van der Waals surface area (Å²) in [4.78, 5) is 0.406. The zero-order valence-electron chi connectivity index (χ0n) is 13.4. The summed E-state index contributed by atoms with van der Waals surface area (Å²) >= 11 is 0. The van der Waals surface area contributed by atoms with Gasteiger partial charge in [-0.05, 0) is 36.5 Å². The molecule has 1 saturated heterocycles. The van der Waals surface area contributed by atoms with E-state index in [1.165, 1.54) is 0 Å². The molecule has 0 N–H and O–H groups in total. The van der Waals surface area contributed by atoms with Crippen molar-refractivity contribution >= 4 is 10.0 Å². The number of benzene rings is 1. The van der Waals surface area contributed by atoms with Gasteiger partial charge in [0.05, 0.1) is 23.6 Å². The van der Waals surface area contributed by atoms with Crippen molar-refractivity contribution in [3.8, 4) is 0 Å². The third-order valence-electron chi connectivity index (χ3n) is 4.83. The smallest absolute Gasteiger partial charge is 0.243 e. The van der Waals surface area contributed by atoms with Gasteiger partial charge >= 0.3 is 0 Å². The molecule has 122 valence electrons. The third-order valence-corrected chi connectivity index (χ3v) is 6.77. The Kier molecular flexibility index (Phi) is 4.57. The Morgan fingerprint density at radius 1 is 1.14 bits per heavy atom. The quantitative estimate of drug-likeness (QED) is 0.858. The van der Waals surface area contributed by atoms with Gasteiger partial charge < -0.3 is 4.74 Å². The Morgan fingerprint density at radius 3 is 2.50 bits per heavy atom. The van der Waals surface area contributed by atoms with Gasteiger partial charge in [-0.15, -0.1) is 0 Å². The molecule has 0 bridgehead atoms. The van der Waals surface area contributed by atoms with Gasteiger partial charge in [-0.1, -0.05) is 38.8 Å². The molecule has 1 aliphatic carbocycles. The Morgan fingerprint density at radius 2 is 1.82 bits per heavy atom. The van der Waals surface area contributed by atoms with Gasteiger partial charge in [-0.3, -0.25) is 0 Å². The van der Waals surface area contributed by atoms with Crippen molar-refractivity contribution in [2.24, 2.45) is 0 Å². The molecule has 2 aliphatic rings. The number of hydrogen-bond donors (Lipinski definition) is 0. The average molecular weight is 323 g/mol. The summed E-state index contributed by atoms with van der Waals surface area (Å²) in [5, 5.41) is 0. The minimum atomic E-state index is -3.42. The maximum Gasteiger partial charge on any atom is 0.243 e. The zero-order chi connectivity index (χ0) is 15.7. The minimum Gasteiger partial charge on any atom is -0.375 e. The van der Waals surface area contributed by atoms with Gasteiger partial charge in [0.15, 0.2) is 0 Å². The molecular weight excluding hydrogens is 298 g/mol. The lowest BCUT2D eigenvalue weighted by Crippen LogP contribution is -2.54. The first kappa shape index (κ1) is 16.0. The molecule has 0 aromatic heterocycles. The Hall–Kier alpha value is -0.910. The van der Waals surface area contributed by atoms with Crippen molar-refractivity contribution < 1.29 is 13.2 Å². The van der Waals surface area contributed by atoms with Crippen LogP contribution in [0.15, 0.2) is 29.2 Å². The second kappa shape index (κ2) is 6.30. The van der Waals surface area contributed by atoms with Crippen LogP contribution < -0.4 is 0 Å². The van der Waals surface area contributed by atoms with Crippen LogP contribution in [0.25, 0.3) is 0 Å². The van der Waals surface area contributed by atoms with Crippen LogP contribution in [0.4, 0.5) is 0 Å². The molecule has 1 heterocycles. The minimum absolute atomic E-state index is 0.0114. The molecule has 0 spiro atoms. The van der Waals surface area contributed by atoms with Gasteiger partial charge in [0.25, 0.3) is 0 Å². The monoisotopic (exact) mass is 323 g/mol. The van der Waals surface area contributed by atoms with Crippen LogP contribution in [0, 0.1) is 0 Å². The summed E-state index contributed by atoms with van der Waals surface area (Å²) in [6.45, 7) is 5.19. The molecule has 0 radical (unpaired) electrons. The summed E-state index contributed by atoms with van der Waals surface area (Å²) < 4.78 is 33.5. The molecule has 1 aromatic rings. The van der Waals surface area contributed by atoms with E-state index in [0.29, 0.717) is 24.0 Å². The first-order chi connectivity index (χ1) is 10.5. The van der Waals surface area contributed by atoms with E-state index >= 15 is 0 Å². The molecule has 2 fully saturated rings. The van der Waals surface area contributed by atoms with Crippen molar-refractivity contribution in [3.63, 3.8) is 0 Å². The highest BCUT2D eigenvalue weighted by Gasteiger charge is 2.40. The lowest BCUT2D eigenvalue weighted by molar-refractivity contribution is -0.0586. The van der Waals surface area contributed by atoms with Crippen molar-refractivity contribution in [1.82, 2.24) is 4.31 Å². The molecular formula is C17H25NO3S. The standard InChI is InChI=1S/C17H25NO3S/c1-13(2)14-7-9-15(10-8-14)22(19,20)18-11-12-21-17-6-4-3-5-16(17)18/h7-10,13,16-17H,3-6,11-12H2,1-2H3. The van der Waals surface area contributed by atoms with Crippen LogP contribution in [0.1, 0.15) is 51.0 Å². The van der Waals surface area contributed by atoms with E-state index in [0.717, 1.165) is 31.2 Å². The highest BCUT2D eigenvalue weighted by molar-refractivity contribution is 7.89. The third kappa shape index (κ3) is 2.94. The van der Waals surface area contributed by atoms with Crippen LogP contribution in [0.5, 0.6) is 0 Å². The van der Waals surface area contributed by atoms with Gasteiger partial charge in [0.2, 0.25) is 10.0 Å². The fourth-order valence-corrected chi connectivity index (χ4v) is 5.18. The number of nitrogens with zero attached hydrogens (tertiary/aromatic N) is 1. The second-order valence-corrected chi connectivity index (χ2v) is 8.49. The van der Waals surface area contributed by atoms with Crippen molar-refractivity contribution in [2.75, 3.05) is 13.2 Å². The summed E-state index contributed by atoms with van der Waals surface area (Å²) in [7, 11) is -3.42. The number of fused-ring (bicyclic) bond motifs is 1. The first-order valence-corrected chi connectivity index (χ1v) is 9.67. The van der Waals surface area contributed by atoms with E-state index in [9.17, 15) is 8.42 Å².